The number of rotatable bonds is 3. The molecule has 1 saturated heterocycles. The lowest BCUT2D eigenvalue weighted by molar-refractivity contribution is 0.414. The van der Waals surface area contributed by atoms with Gasteiger partial charge in [-0.15, -0.1) is 0 Å². The molecular formula is C16H21N5O. The number of hydrogen-bond donors (Lipinski definition) is 2. The van der Waals surface area contributed by atoms with Gasteiger partial charge in [0.1, 0.15) is 11.6 Å². The van der Waals surface area contributed by atoms with Gasteiger partial charge in [0.05, 0.1) is 7.11 Å². The summed E-state index contributed by atoms with van der Waals surface area (Å²) in [6, 6.07) is 8.18. The molecule has 2 heterocycles. The van der Waals surface area contributed by atoms with Crippen LogP contribution in [0.4, 0.5) is 17.5 Å². The van der Waals surface area contributed by atoms with Crippen molar-refractivity contribution in [1.82, 2.24) is 9.97 Å². The van der Waals surface area contributed by atoms with Crippen LogP contribution in [0.1, 0.15) is 24.3 Å². The quantitative estimate of drug-likeness (QED) is 0.901. The van der Waals surface area contributed by atoms with E-state index in [0.717, 1.165) is 37.2 Å². The minimum atomic E-state index is 0.233. The fourth-order valence-corrected chi connectivity index (χ4v) is 2.97. The standard InChI is InChI=1S/C16H21N5O/c1-22-13-4-2-12(3-5-13)21-8-6-11(7-9-21)14-10-19-16(18)20-15(14)17/h2-5,10-11H,6-9H2,1H3,(H4,17,18,19,20). The van der Waals surface area contributed by atoms with E-state index in [-0.39, 0.29) is 5.95 Å². The Morgan fingerprint density at radius 3 is 2.41 bits per heavy atom. The number of methoxy groups -OCH3 is 1. The molecule has 1 fully saturated rings. The molecule has 1 aromatic carbocycles. The van der Waals surface area contributed by atoms with Gasteiger partial charge >= 0.3 is 0 Å². The van der Waals surface area contributed by atoms with Crippen LogP contribution >= 0.6 is 0 Å². The second-order valence-electron chi connectivity index (χ2n) is 5.53. The molecule has 1 aliphatic rings. The summed E-state index contributed by atoms with van der Waals surface area (Å²) in [6.07, 6.45) is 3.83. The molecule has 22 heavy (non-hydrogen) atoms. The average molecular weight is 299 g/mol. The van der Waals surface area contributed by atoms with Crippen molar-refractivity contribution in [1.29, 1.82) is 0 Å². The van der Waals surface area contributed by atoms with Crippen LogP contribution in [-0.2, 0) is 0 Å². The molecule has 0 atom stereocenters. The third kappa shape index (κ3) is 2.90. The number of anilines is 3. The maximum absolute atomic E-state index is 5.97. The molecule has 1 aliphatic heterocycles. The Bertz CT molecular complexity index is 635. The molecule has 0 amide bonds. The predicted octanol–water partition coefficient (Wildman–Crippen LogP) is 2.03. The molecular weight excluding hydrogens is 278 g/mol. The van der Waals surface area contributed by atoms with Crippen molar-refractivity contribution < 1.29 is 4.74 Å². The number of nitrogen functional groups attached to an aromatic ring is 2. The fraction of sp³-hybridized carbons (Fsp3) is 0.375. The first-order valence-corrected chi connectivity index (χ1v) is 7.44. The maximum atomic E-state index is 5.97. The average Bonchev–Trinajstić information content (AvgIpc) is 2.55. The topological polar surface area (TPSA) is 90.3 Å². The summed E-state index contributed by atoms with van der Waals surface area (Å²) >= 11 is 0. The van der Waals surface area contributed by atoms with Crippen LogP contribution in [0, 0.1) is 0 Å². The summed E-state index contributed by atoms with van der Waals surface area (Å²) < 4.78 is 5.20. The van der Waals surface area contributed by atoms with Gasteiger partial charge in [-0.3, -0.25) is 0 Å². The molecule has 116 valence electrons. The number of nitrogens with zero attached hydrogens (tertiary/aromatic N) is 3. The highest BCUT2D eigenvalue weighted by Crippen LogP contribution is 2.32. The van der Waals surface area contributed by atoms with E-state index >= 15 is 0 Å². The summed E-state index contributed by atoms with van der Waals surface area (Å²) in [5, 5.41) is 0. The Morgan fingerprint density at radius 1 is 1.14 bits per heavy atom. The van der Waals surface area contributed by atoms with E-state index in [0.29, 0.717) is 11.7 Å². The monoisotopic (exact) mass is 299 g/mol. The molecule has 0 spiro atoms. The van der Waals surface area contributed by atoms with Crippen molar-refractivity contribution in [3.05, 3.63) is 36.0 Å². The number of piperidine rings is 1. The van der Waals surface area contributed by atoms with E-state index in [1.807, 2.05) is 12.1 Å². The molecule has 1 aromatic heterocycles. The first kappa shape index (κ1) is 14.4. The van der Waals surface area contributed by atoms with E-state index in [1.165, 1.54) is 5.69 Å². The third-order valence-corrected chi connectivity index (χ3v) is 4.24. The Kier molecular flexibility index (Phi) is 4.00. The van der Waals surface area contributed by atoms with Crippen LogP contribution in [0.3, 0.4) is 0 Å². The summed E-state index contributed by atoms with van der Waals surface area (Å²) in [6.45, 7) is 1.97. The van der Waals surface area contributed by atoms with Gasteiger partial charge in [-0.1, -0.05) is 0 Å². The highest BCUT2D eigenvalue weighted by atomic mass is 16.5. The van der Waals surface area contributed by atoms with Crippen LogP contribution in [0.2, 0.25) is 0 Å². The van der Waals surface area contributed by atoms with Crippen molar-refractivity contribution in [2.24, 2.45) is 0 Å². The first-order valence-electron chi connectivity index (χ1n) is 7.44. The Balaban J connectivity index is 1.66. The summed E-state index contributed by atoms with van der Waals surface area (Å²) in [4.78, 5) is 10.5. The van der Waals surface area contributed by atoms with Crippen molar-refractivity contribution in [2.75, 3.05) is 36.6 Å². The first-order chi connectivity index (χ1) is 10.7. The smallest absolute Gasteiger partial charge is 0.221 e. The number of aromatic nitrogens is 2. The van der Waals surface area contributed by atoms with Gasteiger partial charge in [0.2, 0.25) is 5.95 Å². The van der Waals surface area contributed by atoms with Gasteiger partial charge < -0.3 is 21.1 Å². The molecule has 6 heteroatoms. The number of hydrogen-bond acceptors (Lipinski definition) is 6. The van der Waals surface area contributed by atoms with Gasteiger partial charge in [0.25, 0.3) is 0 Å². The molecule has 0 bridgehead atoms. The number of benzene rings is 1. The van der Waals surface area contributed by atoms with Crippen LogP contribution in [0.15, 0.2) is 30.5 Å². The van der Waals surface area contributed by atoms with E-state index in [4.69, 9.17) is 16.2 Å². The van der Waals surface area contributed by atoms with Gasteiger partial charge in [0, 0.05) is 30.5 Å². The fourth-order valence-electron chi connectivity index (χ4n) is 2.97. The van der Waals surface area contributed by atoms with Crippen molar-refractivity contribution in [3.63, 3.8) is 0 Å². The van der Waals surface area contributed by atoms with Crippen molar-refractivity contribution in [3.8, 4) is 5.75 Å². The van der Waals surface area contributed by atoms with Crippen LogP contribution in [0.25, 0.3) is 0 Å². The minimum Gasteiger partial charge on any atom is -0.497 e. The molecule has 0 radical (unpaired) electrons. The lowest BCUT2D eigenvalue weighted by Gasteiger charge is -2.34. The summed E-state index contributed by atoms with van der Waals surface area (Å²) in [7, 11) is 1.68. The van der Waals surface area contributed by atoms with E-state index in [1.54, 1.807) is 13.3 Å². The number of nitrogens with two attached hydrogens (primary N) is 2. The zero-order valence-corrected chi connectivity index (χ0v) is 12.7. The van der Waals surface area contributed by atoms with Crippen molar-refractivity contribution in [2.45, 2.75) is 18.8 Å². The lowest BCUT2D eigenvalue weighted by atomic mass is 9.90. The third-order valence-electron chi connectivity index (χ3n) is 4.24. The van der Waals surface area contributed by atoms with Gasteiger partial charge in [-0.05, 0) is 43.0 Å². The molecule has 4 N–H and O–H groups in total. The SMILES string of the molecule is COc1ccc(N2CCC(c3cnc(N)nc3N)CC2)cc1. The Morgan fingerprint density at radius 2 is 1.82 bits per heavy atom. The Labute approximate surface area is 130 Å². The molecule has 0 saturated carbocycles. The van der Waals surface area contributed by atoms with Crippen LogP contribution in [-0.4, -0.2) is 30.2 Å². The highest BCUT2D eigenvalue weighted by molar-refractivity contribution is 5.50. The van der Waals surface area contributed by atoms with Crippen LogP contribution < -0.4 is 21.1 Å². The van der Waals surface area contributed by atoms with Gasteiger partial charge in [-0.2, -0.15) is 4.98 Å². The number of ether oxygens (including phenoxy) is 1. The molecule has 2 aromatic rings. The van der Waals surface area contributed by atoms with Gasteiger partial charge in [-0.25, -0.2) is 4.98 Å². The predicted molar refractivity (Wildman–Crippen MR) is 88.0 cm³/mol. The lowest BCUT2D eigenvalue weighted by Crippen LogP contribution is -2.33. The van der Waals surface area contributed by atoms with E-state index in [2.05, 4.69) is 27.0 Å². The maximum Gasteiger partial charge on any atom is 0.221 e. The zero-order chi connectivity index (χ0) is 15.5. The summed E-state index contributed by atoms with van der Waals surface area (Å²) in [5.74, 6) is 2.02. The Hall–Kier alpha value is -2.50. The van der Waals surface area contributed by atoms with E-state index in [9.17, 15) is 0 Å². The van der Waals surface area contributed by atoms with Crippen molar-refractivity contribution >= 4 is 17.5 Å². The largest absolute Gasteiger partial charge is 0.497 e. The van der Waals surface area contributed by atoms with E-state index < -0.39 is 0 Å². The molecule has 6 nitrogen and oxygen atoms in total. The molecule has 0 unspecified atom stereocenters. The minimum absolute atomic E-state index is 0.233. The summed E-state index contributed by atoms with van der Waals surface area (Å²) in [5.41, 5.74) is 13.8. The zero-order valence-electron chi connectivity index (χ0n) is 12.7. The molecule has 0 aliphatic carbocycles. The second kappa shape index (κ2) is 6.09. The molecule has 3 rings (SSSR count). The van der Waals surface area contributed by atoms with Gasteiger partial charge in [0.15, 0.2) is 0 Å². The normalized spacial score (nSPS) is 15.8. The second-order valence-corrected chi connectivity index (χ2v) is 5.53. The highest BCUT2D eigenvalue weighted by Gasteiger charge is 2.23. The van der Waals surface area contributed by atoms with Crippen LogP contribution in [0.5, 0.6) is 5.75 Å².